The second-order valence-corrected chi connectivity index (χ2v) is 8.57. The van der Waals surface area contributed by atoms with Gasteiger partial charge in [0.05, 0.1) is 29.7 Å². The maximum atomic E-state index is 13.1. The van der Waals surface area contributed by atoms with Gasteiger partial charge in [-0.2, -0.15) is 5.26 Å². The molecule has 1 fully saturated rings. The highest BCUT2D eigenvalue weighted by atomic mass is 16.2. The van der Waals surface area contributed by atoms with Crippen molar-refractivity contribution in [2.75, 3.05) is 43.0 Å². The summed E-state index contributed by atoms with van der Waals surface area (Å²) in [5.41, 5.74) is 3.73. The summed E-state index contributed by atoms with van der Waals surface area (Å²) < 4.78 is 1.83. The zero-order chi connectivity index (χ0) is 25.2. The fourth-order valence-corrected chi connectivity index (χ4v) is 4.24. The lowest BCUT2D eigenvalue weighted by Crippen LogP contribution is -2.48. The van der Waals surface area contributed by atoms with Gasteiger partial charge in [-0.3, -0.25) is 14.0 Å². The standard InChI is InChI=1S/C26H24N8O2/c1-18(35)32-9-11-33(12-10-32)24-8-5-20(14-29-24)23-15-30-25-16-28-22(17-34(23)25)26(36)31(2)21-6-3-19(13-27)4-7-21/h3-8,14-17H,9-12H2,1-2H3. The Morgan fingerprint density at radius 3 is 2.33 bits per heavy atom. The minimum Gasteiger partial charge on any atom is -0.353 e. The van der Waals surface area contributed by atoms with Crippen molar-refractivity contribution in [3.05, 3.63) is 72.4 Å². The van der Waals surface area contributed by atoms with Crippen LogP contribution in [0.15, 0.2) is 61.2 Å². The largest absolute Gasteiger partial charge is 0.353 e. The summed E-state index contributed by atoms with van der Waals surface area (Å²) in [6.45, 7) is 4.45. The number of hydrogen-bond donors (Lipinski definition) is 0. The van der Waals surface area contributed by atoms with Crippen LogP contribution in [-0.4, -0.2) is 69.3 Å². The minimum atomic E-state index is -0.278. The third-order valence-electron chi connectivity index (χ3n) is 6.40. The van der Waals surface area contributed by atoms with E-state index in [9.17, 15) is 9.59 Å². The van der Waals surface area contributed by atoms with Crippen LogP contribution in [0.3, 0.4) is 0 Å². The van der Waals surface area contributed by atoms with Crippen LogP contribution in [0.1, 0.15) is 23.0 Å². The Hall–Kier alpha value is -4.78. The van der Waals surface area contributed by atoms with Crippen LogP contribution >= 0.6 is 0 Å². The summed E-state index contributed by atoms with van der Waals surface area (Å²) in [7, 11) is 1.67. The van der Waals surface area contributed by atoms with E-state index in [0.717, 1.165) is 30.2 Å². The number of nitrogens with zero attached hydrogens (tertiary/aromatic N) is 8. The molecular formula is C26H24N8O2. The Kier molecular flexibility index (Phi) is 6.04. The number of amides is 2. The molecular weight excluding hydrogens is 456 g/mol. The van der Waals surface area contributed by atoms with Gasteiger partial charge in [-0.15, -0.1) is 0 Å². The predicted octanol–water partition coefficient (Wildman–Crippen LogP) is 2.61. The predicted molar refractivity (Wildman–Crippen MR) is 135 cm³/mol. The van der Waals surface area contributed by atoms with Crippen molar-refractivity contribution < 1.29 is 9.59 Å². The van der Waals surface area contributed by atoms with Crippen LogP contribution in [0.5, 0.6) is 0 Å². The summed E-state index contributed by atoms with van der Waals surface area (Å²) in [6.07, 6.45) is 6.77. The van der Waals surface area contributed by atoms with Crippen molar-refractivity contribution in [1.29, 1.82) is 5.26 Å². The smallest absolute Gasteiger partial charge is 0.278 e. The first-order chi connectivity index (χ1) is 17.4. The average molecular weight is 481 g/mol. The molecule has 0 unspecified atom stereocenters. The molecule has 5 rings (SSSR count). The first-order valence-electron chi connectivity index (χ1n) is 11.5. The summed E-state index contributed by atoms with van der Waals surface area (Å²) in [4.78, 5) is 43.6. The molecule has 180 valence electrons. The second kappa shape index (κ2) is 9.46. The molecule has 0 radical (unpaired) electrons. The number of pyridine rings is 1. The number of nitriles is 1. The van der Waals surface area contributed by atoms with Gasteiger partial charge >= 0.3 is 0 Å². The highest BCUT2D eigenvalue weighted by Gasteiger charge is 2.20. The van der Waals surface area contributed by atoms with Gasteiger partial charge < -0.3 is 14.7 Å². The third kappa shape index (κ3) is 4.34. The van der Waals surface area contributed by atoms with Crippen LogP contribution in [0.25, 0.3) is 16.9 Å². The zero-order valence-corrected chi connectivity index (χ0v) is 20.0. The Balaban J connectivity index is 1.37. The van der Waals surface area contributed by atoms with Gasteiger partial charge in [-0.25, -0.2) is 15.0 Å². The Labute approximate surface area is 208 Å². The molecule has 0 spiro atoms. The molecule has 1 aromatic carbocycles. The molecule has 0 bridgehead atoms. The summed E-state index contributed by atoms with van der Waals surface area (Å²) in [5.74, 6) is 0.679. The van der Waals surface area contributed by atoms with Crippen molar-refractivity contribution in [2.24, 2.45) is 0 Å². The van der Waals surface area contributed by atoms with Crippen molar-refractivity contribution in [3.8, 4) is 17.3 Å². The van der Waals surface area contributed by atoms with E-state index in [0.29, 0.717) is 30.0 Å². The number of aromatic nitrogens is 4. The summed E-state index contributed by atoms with van der Waals surface area (Å²) in [5, 5.41) is 8.99. The topological polar surface area (TPSA) is 111 Å². The first-order valence-corrected chi connectivity index (χ1v) is 11.5. The number of fused-ring (bicyclic) bond motifs is 1. The van der Waals surface area contributed by atoms with Gasteiger partial charge in [0.25, 0.3) is 5.91 Å². The normalized spacial score (nSPS) is 13.5. The maximum absolute atomic E-state index is 13.1. The Morgan fingerprint density at radius 1 is 0.944 bits per heavy atom. The van der Waals surface area contributed by atoms with Gasteiger partial charge in [0.1, 0.15) is 11.5 Å². The van der Waals surface area contributed by atoms with Crippen LogP contribution in [0, 0.1) is 11.3 Å². The van der Waals surface area contributed by atoms with Crippen LogP contribution in [-0.2, 0) is 4.79 Å². The van der Waals surface area contributed by atoms with E-state index in [4.69, 9.17) is 5.26 Å². The van der Waals surface area contributed by atoms with Crippen molar-refractivity contribution >= 4 is 29.0 Å². The Morgan fingerprint density at radius 2 is 1.69 bits per heavy atom. The number of benzene rings is 1. The zero-order valence-electron chi connectivity index (χ0n) is 20.0. The summed E-state index contributed by atoms with van der Waals surface area (Å²) in [6, 6.07) is 12.8. The number of rotatable bonds is 4. The second-order valence-electron chi connectivity index (χ2n) is 8.57. The number of carbonyl (C=O) groups is 2. The number of carbonyl (C=O) groups excluding carboxylic acids is 2. The van der Waals surface area contributed by atoms with Crippen molar-refractivity contribution in [1.82, 2.24) is 24.3 Å². The SMILES string of the molecule is CC(=O)N1CCN(c2ccc(-c3cnc4cnc(C(=O)N(C)c5ccc(C#N)cc5)cn34)cn2)CC1. The number of piperazine rings is 1. The molecule has 0 saturated carbocycles. The number of hydrogen-bond acceptors (Lipinski definition) is 7. The molecule has 36 heavy (non-hydrogen) atoms. The van der Waals surface area contributed by atoms with Crippen LogP contribution in [0.2, 0.25) is 0 Å². The molecule has 1 aliphatic rings. The third-order valence-corrected chi connectivity index (χ3v) is 6.40. The van der Waals surface area contributed by atoms with E-state index in [1.807, 2.05) is 21.4 Å². The molecule has 4 heterocycles. The molecule has 0 aliphatic carbocycles. The molecule has 2 amide bonds. The molecule has 1 saturated heterocycles. The molecule has 1 aliphatic heterocycles. The van der Waals surface area contributed by atoms with Gasteiger partial charge in [-0.1, -0.05) is 0 Å². The molecule has 4 aromatic rings. The fourth-order valence-electron chi connectivity index (χ4n) is 4.24. The lowest BCUT2D eigenvalue weighted by Gasteiger charge is -2.34. The molecule has 10 heteroatoms. The van der Waals surface area contributed by atoms with E-state index >= 15 is 0 Å². The van der Waals surface area contributed by atoms with Crippen LogP contribution < -0.4 is 9.80 Å². The Bertz CT molecular complexity index is 1460. The molecule has 0 atom stereocenters. The average Bonchev–Trinajstić information content (AvgIpc) is 3.36. The van der Waals surface area contributed by atoms with Crippen molar-refractivity contribution in [3.63, 3.8) is 0 Å². The lowest BCUT2D eigenvalue weighted by molar-refractivity contribution is -0.129. The molecule has 3 aromatic heterocycles. The maximum Gasteiger partial charge on any atom is 0.278 e. The van der Waals surface area contributed by atoms with E-state index in [1.165, 1.54) is 4.90 Å². The van der Waals surface area contributed by atoms with Crippen LogP contribution in [0.4, 0.5) is 11.5 Å². The van der Waals surface area contributed by atoms with Gasteiger partial charge in [-0.05, 0) is 36.4 Å². The van der Waals surface area contributed by atoms with E-state index in [2.05, 4.69) is 25.9 Å². The van der Waals surface area contributed by atoms with E-state index in [-0.39, 0.29) is 17.5 Å². The number of imidazole rings is 1. The molecule has 10 nitrogen and oxygen atoms in total. The van der Waals surface area contributed by atoms with Gasteiger partial charge in [0.15, 0.2) is 5.65 Å². The van der Waals surface area contributed by atoms with Gasteiger partial charge in [0, 0.05) is 63.8 Å². The quantitative estimate of drug-likeness (QED) is 0.441. The van der Waals surface area contributed by atoms with Crippen molar-refractivity contribution in [2.45, 2.75) is 6.92 Å². The first kappa shape index (κ1) is 23.0. The molecule has 0 N–H and O–H groups in total. The number of anilines is 2. The highest BCUT2D eigenvalue weighted by Crippen LogP contribution is 2.24. The highest BCUT2D eigenvalue weighted by molar-refractivity contribution is 6.04. The monoisotopic (exact) mass is 480 g/mol. The lowest BCUT2D eigenvalue weighted by atomic mass is 10.2. The summed E-state index contributed by atoms with van der Waals surface area (Å²) >= 11 is 0. The minimum absolute atomic E-state index is 0.0982. The fraction of sp³-hybridized carbons (Fsp3) is 0.231. The van der Waals surface area contributed by atoms with E-state index in [1.54, 1.807) is 63.0 Å². The van der Waals surface area contributed by atoms with Gasteiger partial charge in [0.2, 0.25) is 5.91 Å². The van der Waals surface area contributed by atoms with E-state index < -0.39 is 0 Å².